The van der Waals surface area contributed by atoms with Crippen LogP contribution in [0.3, 0.4) is 0 Å². The number of hydrogen-bond donors (Lipinski definition) is 2. The predicted molar refractivity (Wildman–Crippen MR) is 78.2 cm³/mol. The lowest BCUT2D eigenvalue weighted by molar-refractivity contribution is -0.117. The summed E-state index contributed by atoms with van der Waals surface area (Å²) in [5.41, 5.74) is 0.726. The highest BCUT2D eigenvalue weighted by atomic mass is 16.5. The third-order valence-corrected chi connectivity index (χ3v) is 2.34. The van der Waals surface area contributed by atoms with Gasteiger partial charge >= 0.3 is 0 Å². The van der Waals surface area contributed by atoms with E-state index in [0.717, 1.165) is 0 Å². The largest absolute Gasteiger partial charge is 0.492 e. The molecule has 0 fully saturated rings. The maximum absolute atomic E-state index is 11.7. The number of para-hydroxylation sites is 2. The molecule has 0 saturated heterocycles. The van der Waals surface area contributed by atoms with Gasteiger partial charge in [0.25, 0.3) is 5.91 Å². The van der Waals surface area contributed by atoms with Crippen LogP contribution in [0.2, 0.25) is 0 Å². The topological polar surface area (TPSA) is 74.1 Å². The molecule has 2 N–H and O–H groups in total. The summed E-state index contributed by atoms with van der Waals surface area (Å²) in [6.07, 6.45) is 1.38. The summed E-state index contributed by atoms with van der Waals surface area (Å²) in [7, 11) is 0. The lowest BCUT2D eigenvalue weighted by atomic mass is 10.2. The minimum absolute atomic E-state index is 0.0185. The zero-order valence-electron chi connectivity index (χ0n) is 11.9. The summed E-state index contributed by atoms with van der Waals surface area (Å²) >= 11 is 0. The first-order valence-electron chi connectivity index (χ1n) is 6.48. The Labute approximate surface area is 119 Å². The van der Waals surface area contributed by atoms with Gasteiger partial charge in [0.1, 0.15) is 17.4 Å². The Morgan fingerprint density at radius 1 is 1.45 bits per heavy atom. The molecule has 0 aliphatic carbocycles. The van der Waals surface area contributed by atoms with Crippen molar-refractivity contribution in [1.82, 2.24) is 5.32 Å². The lowest BCUT2D eigenvalue weighted by Gasteiger charge is -2.10. The van der Waals surface area contributed by atoms with Crippen LogP contribution in [0.1, 0.15) is 20.8 Å². The Bertz CT molecular complexity index is 530. The molecule has 0 aliphatic rings. The number of amides is 1. The van der Waals surface area contributed by atoms with Crippen molar-refractivity contribution in [2.45, 2.75) is 26.8 Å². The van der Waals surface area contributed by atoms with E-state index in [9.17, 15) is 4.79 Å². The molecule has 0 aliphatic heterocycles. The first kappa shape index (κ1) is 15.6. The molecule has 5 heteroatoms. The Morgan fingerprint density at radius 2 is 2.15 bits per heavy atom. The molecule has 0 aromatic heterocycles. The Kier molecular flexibility index (Phi) is 6.11. The van der Waals surface area contributed by atoms with Crippen LogP contribution in [-0.2, 0) is 4.79 Å². The van der Waals surface area contributed by atoms with Gasteiger partial charge in [0.15, 0.2) is 0 Å². The van der Waals surface area contributed by atoms with Crippen LogP contribution >= 0.6 is 0 Å². The zero-order chi connectivity index (χ0) is 15.0. The van der Waals surface area contributed by atoms with Crippen LogP contribution in [0.25, 0.3) is 0 Å². The zero-order valence-corrected chi connectivity index (χ0v) is 11.9. The van der Waals surface area contributed by atoms with E-state index in [0.29, 0.717) is 18.0 Å². The fraction of sp³-hybridized carbons (Fsp3) is 0.333. The Hall–Kier alpha value is -2.48. The van der Waals surface area contributed by atoms with Crippen molar-refractivity contribution >= 4 is 11.6 Å². The van der Waals surface area contributed by atoms with E-state index in [1.54, 1.807) is 0 Å². The molecule has 1 aromatic carbocycles. The number of nitriles is 1. The van der Waals surface area contributed by atoms with E-state index in [1.165, 1.54) is 6.20 Å². The molecule has 0 radical (unpaired) electrons. The monoisotopic (exact) mass is 273 g/mol. The van der Waals surface area contributed by atoms with Gasteiger partial charge in [-0.3, -0.25) is 4.79 Å². The van der Waals surface area contributed by atoms with E-state index in [4.69, 9.17) is 10.00 Å². The van der Waals surface area contributed by atoms with Crippen molar-refractivity contribution in [3.05, 3.63) is 36.0 Å². The average molecular weight is 273 g/mol. The smallest absolute Gasteiger partial charge is 0.263 e. The fourth-order valence-corrected chi connectivity index (χ4v) is 1.51. The first-order valence-corrected chi connectivity index (χ1v) is 6.48. The van der Waals surface area contributed by atoms with Crippen molar-refractivity contribution in [3.8, 4) is 11.8 Å². The van der Waals surface area contributed by atoms with Crippen molar-refractivity contribution in [2.24, 2.45) is 0 Å². The van der Waals surface area contributed by atoms with Gasteiger partial charge in [-0.15, -0.1) is 0 Å². The normalized spacial score (nSPS) is 10.8. The van der Waals surface area contributed by atoms with E-state index >= 15 is 0 Å². The predicted octanol–water partition coefficient (Wildman–Crippen LogP) is 2.43. The minimum atomic E-state index is -0.399. The highest BCUT2D eigenvalue weighted by molar-refractivity contribution is 5.97. The molecular formula is C15H19N3O2. The summed E-state index contributed by atoms with van der Waals surface area (Å²) in [5, 5.41) is 14.6. The summed E-state index contributed by atoms with van der Waals surface area (Å²) in [6.45, 7) is 6.11. The maximum atomic E-state index is 11.7. The lowest BCUT2D eigenvalue weighted by Crippen LogP contribution is -2.31. The van der Waals surface area contributed by atoms with Crippen molar-refractivity contribution in [3.63, 3.8) is 0 Å². The highest BCUT2D eigenvalue weighted by Crippen LogP contribution is 2.23. The summed E-state index contributed by atoms with van der Waals surface area (Å²) in [5.74, 6) is 0.275. The van der Waals surface area contributed by atoms with Crippen LogP contribution < -0.4 is 15.4 Å². The Balaban J connectivity index is 2.84. The number of carbonyl (C=O) groups is 1. The molecule has 0 bridgehead atoms. The standard InChI is InChI=1S/C15H19N3O2/c1-4-20-14-8-6-5-7-13(14)17-10-12(9-16)15(19)18-11(2)3/h5-8,10-11,17H,4H2,1-3H3,(H,18,19)/b12-10-. The summed E-state index contributed by atoms with van der Waals surface area (Å²) < 4.78 is 5.45. The second-order valence-electron chi connectivity index (χ2n) is 4.37. The second-order valence-corrected chi connectivity index (χ2v) is 4.37. The molecule has 1 aromatic rings. The maximum Gasteiger partial charge on any atom is 0.263 e. The summed E-state index contributed by atoms with van der Waals surface area (Å²) in [4.78, 5) is 11.7. The summed E-state index contributed by atoms with van der Waals surface area (Å²) in [6, 6.07) is 9.20. The van der Waals surface area contributed by atoms with Gasteiger partial charge in [-0.1, -0.05) is 12.1 Å². The highest BCUT2D eigenvalue weighted by Gasteiger charge is 2.10. The molecule has 0 unspecified atom stereocenters. The van der Waals surface area contributed by atoms with Crippen LogP contribution in [0.5, 0.6) is 5.75 Å². The molecule has 0 heterocycles. The average Bonchev–Trinajstić information content (AvgIpc) is 2.40. The van der Waals surface area contributed by atoms with E-state index in [2.05, 4.69) is 10.6 Å². The SMILES string of the molecule is CCOc1ccccc1N/C=C(/C#N)C(=O)NC(C)C. The molecule has 106 valence electrons. The second kappa shape index (κ2) is 7.85. The van der Waals surface area contributed by atoms with Crippen LogP contribution in [0.4, 0.5) is 5.69 Å². The molecule has 0 saturated carbocycles. The van der Waals surface area contributed by atoms with Gasteiger partial charge in [-0.05, 0) is 32.9 Å². The molecule has 5 nitrogen and oxygen atoms in total. The fourth-order valence-electron chi connectivity index (χ4n) is 1.51. The third-order valence-electron chi connectivity index (χ3n) is 2.34. The van der Waals surface area contributed by atoms with E-state index < -0.39 is 5.91 Å². The van der Waals surface area contributed by atoms with Gasteiger partial charge < -0.3 is 15.4 Å². The molecular weight excluding hydrogens is 254 g/mol. The Morgan fingerprint density at radius 3 is 2.75 bits per heavy atom. The van der Waals surface area contributed by atoms with Crippen molar-refractivity contribution in [1.29, 1.82) is 5.26 Å². The van der Waals surface area contributed by atoms with Crippen molar-refractivity contribution in [2.75, 3.05) is 11.9 Å². The van der Waals surface area contributed by atoms with Crippen molar-refractivity contribution < 1.29 is 9.53 Å². The van der Waals surface area contributed by atoms with Crippen LogP contribution in [0, 0.1) is 11.3 Å². The molecule has 1 amide bonds. The number of nitrogens with zero attached hydrogens (tertiary/aromatic N) is 1. The number of nitrogens with one attached hydrogen (secondary N) is 2. The minimum Gasteiger partial charge on any atom is -0.492 e. The first-order chi connectivity index (χ1) is 9.58. The van der Waals surface area contributed by atoms with Gasteiger partial charge in [0.05, 0.1) is 12.3 Å². The van der Waals surface area contributed by atoms with Crippen LogP contribution in [-0.4, -0.2) is 18.6 Å². The van der Waals surface area contributed by atoms with E-state index in [-0.39, 0.29) is 11.6 Å². The number of carbonyl (C=O) groups excluding carboxylic acids is 1. The van der Waals surface area contributed by atoms with Crippen LogP contribution in [0.15, 0.2) is 36.0 Å². The quantitative estimate of drug-likeness (QED) is 0.616. The van der Waals surface area contributed by atoms with E-state index in [1.807, 2.05) is 51.1 Å². The van der Waals surface area contributed by atoms with Gasteiger partial charge in [-0.2, -0.15) is 5.26 Å². The number of ether oxygens (including phenoxy) is 1. The number of anilines is 1. The number of rotatable bonds is 6. The van der Waals surface area contributed by atoms with Gasteiger partial charge in [0, 0.05) is 12.2 Å². The molecule has 0 atom stereocenters. The number of hydrogen-bond acceptors (Lipinski definition) is 4. The molecule has 1 rings (SSSR count). The molecule has 0 spiro atoms. The van der Waals surface area contributed by atoms with Gasteiger partial charge in [0.2, 0.25) is 0 Å². The van der Waals surface area contributed by atoms with Gasteiger partial charge in [-0.25, -0.2) is 0 Å². The third kappa shape index (κ3) is 4.65. The number of benzene rings is 1. The molecule has 20 heavy (non-hydrogen) atoms.